The van der Waals surface area contributed by atoms with Crippen molar-refractivity contribution in [3.8, 4) is 56.5 Å². The molecule has 4 aromatic heterocycles. The van der Waals surface area contributed by atoms with E-state index in [4.69, 9.17) is 67.7 Å². The molecule has 340 valence electrons. The van der Waals surface area contributed by atoms with Crippen molar-refractivity contribution in [1.82, 2.24) is 40.5 Å². The van der Waals surface area contributed by atoms with Crippen molar-refractivity contribution in [2.24, 2.45) is 0 Å². The number of thiocarbonyl (C=S) groups is 1. The van der Waals surface area contributed by atoms with E-state index in [-0.39, 0.29) is 70.3 Å². The monoisotopic (exact) mass is 1010 g/mol. The normalized spacial score (nSPS) is 11.6. The smallest absolute Gasteiger partial charge is 0.379 e. The molecule has 0 fully saturated rings. The molecule has 2 N–H and O–H groups in total. The largest absolute Gasteiger partial charge is 0.434 e. The van der Waals surface area contributed by atoms with Crippen LogP contribution < -0.4 is 10.6 Å². The lowest BCUT2D eigenvalue weighted by atomic mass is 10.0. The third-order valence-electron chi connectivity index (χ3n) is 9.36. The third-order valence-corrected chi connectivity index (χ3v) is 10.9. The highest BCUT2D eigenvalue weighted by Crippen LogP contribution is 2.45. The van der Waals surface area contributed by atoms with E-state index in [0.717, 1.165) is 24.5 Å². The van der Waals surface area contributed by atoms with Gasteiger partial charge >= 0.3 is 12.4 Å². The number of halogens is 12. The summed E-state index contributed by atoms with van der Waals surface area (Å²) in [5.41, 5.74) is -4.72. The van der Waals surface area contributed by atoms with Gasteiger partial charge in [-0.05, 0) is 60.7 Å². The zero-order valence-corrected chi connectivity index (χ0v) is 36.9. The molecule has 8 aromatic rings. The first-order chi connectivity index (χ1) is 31.3. The zero-order valence-electron chi connectivity index (χ0n) is 33.1. The number of aromatic nitrogens is 6. The van der Waals surface area contributed by atoms with Gasteiger partial charge < -0.3 is 19.7 Å². The first kappa shape index (κ1) is 47.6. The fourth-order valence-corrected chi connectivity index (χ4v) is 7.65. The maximum Gasteiger partial charge on any atom is 0.434 e. The number of carbonyl (C=O) groups is 1. The van der Waals surface area contributed by atoms with Crippen LogP contribution in [0.2, 0.25) is 20.1 Å². The minimum atomic E-state index is -4.92. The molecule has 0 spiro atoms. The van der Waals surface area contributed by atoms with Gasteiger partial charge in [0.1, 0.15) is 33.6 Å². The van der Waals surface area contributed by atoms with Crippen molar-refractivity contribution in [3.63, 3.8) is 0 Å². The van der Waals surface area contributed by atoms with Gasteiger partial charge in [0.15, 0.2) is 22.9 Å². The molecule has 11 nitrogen and oxygen atoms in total. The van der Waals surface area contributed by atoms with E-state index in [9.17, 15) is 39.9 Å². The molecule has 4 heterocycles. The number of benzene rings is 4. The van der Waals surface area contributed by atoms with Gasteiger partial charge in [0.05, 0.1) is 61.6 Å². The second-order valence-corrected chi connectivity index (χ2v) is 15.5. The third kappa shape index (κ3) is 9.23. The van der Waals surface area contributed by atoms with Gasteiger partial charge in [0.2, 0.25) is 0 Å². The average Bonchev–Trinajstić information content (AvgIpc) is 4.08. The number of alkyl halides is 6. The first-order valence-corrected chi connectivity index (χ1v) is 20.3. The fourth-order valence-electron chi connectivity index (χ4n) is 6.59. The van der Waals surface area contributed by atoms with Crippen molar-refractivity contribution in [1.29, 1.82) is 0 Å². The van der Waals surface area contributed by atoms with E-state index >= 15 is 0 Å². The van der Waals surface area contributed by atoms with Gasteiger partial charge in [-0.3, -0.25) is 4.79 Å². The number of carbonyl (C=O) groups excluding carboxylic acids is 1. The van der Waals surface area contributed by atoms with E-state index in [0.29, 0.717) is 9.36 Å². The summed E-state index contributed by atoms with van der Waals surface area (Å²) in [5, 5.41) is 20.5. The maximum atomic E-state index is 14.6. The van der Waals surface area contributed by atoms with Crippen molar-refractivity contribution >= 4 is 69.5 Å². The standard InChI is InChI=1S/C21H12Cl2F4N4O2.C21H12Cl2F4N4OS/c1-28-20(32)16-17(15-13(23)6-3-7-14(15)24)30-33-18(16)12-9-29-31(19(12)21(25,26)27)11-5-2-4-10(22)8-11;1-28-20(33)16-17(15-13(23)6-3-7-14(15)24)30-32-18(16)12-9-29-31(19(12)21(25,26)27)11-5-2-4-10(22)8-11/h2-9H,1H3,(H,28,32);2-9H,1H3,(H,28,33). The van der Waals surface area contributed by atoms with E-state index < -0.39 is 63.7 Å². The molecule has 0 aliphatic rings. The van der Waals surface area contributed by atoms with Crippen LogP contribution >= 0.6 is 58.6 Å². The van der Waals surface area contributed by atoms with Gasteiger partial charge in [0, 0.05) is 24.1 Å². The average molecular weight is 1010 g/mol. The van der Waals surface area contributed by atoms with Crippen LogP contribution in [0.4, 0.5) is 35.1 Å². The molecule has 66 heavy (non-hydrogen) atoms. The first-order valence-electron chi connectivity index (χ1n) is 18.4. The van der Waals surface area contributed by atoms with E-state index in [1.807, 2.05) is 0 Å². The van der Waals surface area contributed by atoms with Crippen molar-refractivity contribution in [2.75, 3.05) is 14.1 Å². The molecule has 0 atom stereocenters. The second-order valence-electron chi connectivity index (χ2n) is 13.4. The Balaban J connectivity index is 0.000000196. The van der Waals surface area contributed by atoms with Crippen LogP contribution in [-0.4, -0.2) is 54.9 Å². The van der Waals surface area contributed by atoms with Gasteiger partial charge in [-0.1, -0.05) is 93.2 Å². The highest BCUT2D eigenvalue weighted by Gasteiger charge is 2.43. The van der Waals surface area contributed by atoms with Crippen LogP contribution in [0.15, 0.2) is 106 Å². The Morgan fingerprint density at radius 2 is 1.03 bits per heavy atom. The molecule has 0 radical (unpaired) electrons. The zero-order chi connectivity index (χ0) is 47.8. The number of nitrogens with one attached hydrogen (secondary N) is 2. The van der Waals surface area contributed by atoms with E-state index in [1.54, 1.807) is 0 Å². The Morgan fingerprint density at radius 3 is 1.41 bits per heavy atom. The molecule has 0 unspecified atom stereocenters. The molecule has 0 bridgehead atoms. The lowest BCUT2D eigenvalue weighted by Gasteiger charge is -2.13. The van der Waals surface area contributed by atoms with E-state index in [1.165, 1.54) is 86.9 Å². The number of hydrogen-bond donors (Lipinski definition) is 2. The summed E-state index contributed by atoms with van der Waals surface area (Å²) in [6.45, 7) is 0. The Morgan fingerprint density at radius 1 is 0.621 bits per heavy atom. The minimum Gasteiger partial charge on any atom is -0.379 e. The molecule has 0 aliphatic carbocycles. The van der Waals surface area contributed by atoms with Crippen LogP contribution in [0.5, 0.6) is 0 Å². The Hall–Kier alpha value is -6.32. The predicted octanol–water partition coefficient (Wildman–Crippen LogP) is 12.6. The van der Waals surface area contributed by atoms with Gasteiger partial charge in [-0.2, -0.15) is 36.5 Å². The highest BCUT2D eigenvalue weighted by molar-refractivity contribution is 7.80. The van der Waals surface area contributed by atoms with Crippen LogP contribution in [0.25, 0.3) is 56.5 Å². The van der Waals surface area contributed by atoms with Crippen molar-refractivity contribution in [3.05, 3.63) is 152 Å². The summed E-state index contributed by atoms with van der Waals surface area (Å²) in [7, 11) is 2.72. The number of hydrogen-bond acceptors (Lipinski definition) is 8. The summed E-state index contributed by atoms with van der Waals surface area (Å²) in [6.07, 6.45) is -7.92. The second kappa shape index (κ2) is 18.9. The molecule has 0 saturated carbocycles. The summed E-state index contributed by atoms with van der Waals surface area (Å²) in [5.74, 6) is -3.33. The van der Waals surface area contributed by atoms with Gasteiger partial charge in [-0.15, -0.1) is 0 Å². The van der Waals surface area contributed by atoms with Crippen molar-refractivity contribution < 1.29 is 49.0 Å². The lowest BCUT2D eigenvalue weighted by molar-refractivity contribution is -0.143. The Labute approximate surface area is 391 Å². The SMILES string of the molecule is CNC(=O)c1c(-c2c(F)cccc2Cl)noc1-c1cnn(-c2cccc(Cl)c2)c1C(F)(F)F.CNC(=S)c1c(-c2c(F)cccc2Cl)noc1-c1cnn(-c2cccc(Cl)c2)c1C(F)(F)F. The van der Waals surface area contributed by atoms with Gasteiger partial charge in [-0.25, -0.2) is 18.1 Å². The molecule has 1 amide bonds. The molecule has 0 saturated heterocycles. The quantitative estimate of drug-likeness (QED) is 0.113. The molecular formula is C42H24Cl4F8N8O3S. The topological polar surface area (TPSA) is 129 Å². The minimum absolute atomic E-state index is 0.0133. The predicted molar refractivity (Wildman–Crippen MR) is 233 cm³/mol. The van der Waals surface area contributed by atoms with Crippen LogP contribution in [-0.2, 0) is 12.4 Å². The Kier molecular flexibility index (Phi) is 13.6. The Bertz CT molecular complexity index is 2900. The molecule has 24 heteroatoms. The number of amides is 1. The lowest BCUT2D eigenvalue weighted by Crippen LogP contribution is -2.20. The summed E-state index contributed by atoms with van der Waals surface area (Å²) < 4.78 is 126. The van der Waals surface area contributed by atoms with Crippen LogP contribution in [0.3, 0.4) is 0 Å². The molecule has 4 aromatic carbocycles. The fraction of sp³-hybridized carbons (Fsp3) is 0.0952. The van der Waals surface area contributed by atoms with E-state index in [2.05, 4.69) is 31.1 Å². The summed E-state index contributed by atoms with van der Waals surface area (Å²) >= 11 is 29.4. The van der Waals surface area contributed by atoms with Crippen molar-refractivity contribution in [2.45, 2.75) is 12.4 Å². The maximum absolute atomic E-state index is 14.6. The summed E-state index contributed by atoms with van der Waals surface area (Å²) in [4.78, 5) is 12.6. The van der Waals surface area contributed by atoms with Crippen LogP contribution in [0.1, 0.15) is 27.3 Å². The van der Waals surface area contributed by atoms with Gasteiger partial charge in [0.25, 0.3) is 5.91 Å². The molecule has 8 rings (SSSR count). The van der Waals surface area contributed by atoms with Crippen LogP contribution in [0, 0.1) is 11.6 Å². The molecular weight excluding hydrogens is 990 g/mol. The summed E-state index contributed by atoms with van der Waals surface area (Å²) in [6, 6.07) is 19.1. The highest BCUT2D eigenvalue weighted by atomic mass is 35.5. The molecule has 0 aliphatic heterocycles. The number of nitrogens with zero attached hydrogens (tertiary/aromatic N) is 6. The number of rotatable bonds is 8.